The lowest BCUT2D eigenvalue weighted by molar-refractivity contribution is 0.194. The summed E-state index contributed by atoms with van der Waals surface area (Å²) in [5.41, 5.74) is 1.42. The van der Waals surface area contributed by atoms with Crippen LogP contribution in [0.5, 0.6) is 0 Å². The molecule has 1 aromatic rings. The van der Waals surface area contributed by atoms with Crippen molar-refractivity contribution < 1.29 is 19.1 Å². The number of rotatable bonds is 5. The smallest absolute Gasteiger partial charge is 0.404 e. The van der Waals surface area contributed by atoms with Crippen molar-refractivity contribution in [2.75, 3.05) is 0 Å². The minimum absolute atomic E-state index is 0.0498. The summed E-state index contributed by atoms with van der Waals surface area (Å²) in [6, 6.07) is 3.98. The van der Waals surface area contributed by atoms with Crippen LogP contribution in [0, 0.1) is 5.82 Å². The van der Waals surface area contributed by atoms with E-state index in [1.807, 2.05) is 0 Å². The molecule has 18 heavy (non-hydrogen) atoms. The SMILES string of the molecule is C=CC(=C=O)Cc1cc(F)ccc1CNC(=O)O. The average molecular weight is 249 g/mol. The van der Waals surface area contributed by atoms with Crippen LogP contribution in [0.2, 0.25) is 0 Å². The predicted molar refractivity (Wildman–Crippen MR) is 64.4 cm³/mol. The van der Waals surface area contributed by atoms with Gasteiger partial charge in [0.25, 0.3) is 0 Å². The highest BCUT2D eigenvalue weighted by Crippen LogP contribution is 2.15. The van der Waals surface area contributed by atoms with Gasteiger partial charge in [-0.15, -0.1) is 0 Å². The summed E-state index contributed by atoms with van der Waals surface area (Å²) in [6.07, 6.45) is 0.341. The van der Waals surface area contributed by atoms with Gasteiger partial charge in [0.15, 0.2) is 0 Å². The molecule has 4 nitrogen and oxygen atoms in total. The summed E-state index contributed by atoms with van der Waals surface area (Å²) in [5.74, 6) is 1.26. The Balaban J connectivity index is 2.99. The monoisotopic (exact) mass is 249 g/mol. The third-order valence-electron chi connectivity index (χ3n) is 2.36. The Hall–Kier alpha value is -2.39. The molecule has 0 radical (unpaired) electrons. The Labute approximate surface area is 103 Å². The number of hydrogen-bond acceptors (Lipinski definition) is 2. The van der Waals surface area contributed by atoms with Crippen molar-refractivity contribution in [2.24, 2.45) is 0 Å². The molecule has 0 aliphatic heterocycles. The summed E-state index contributed by atoms with van der Waals surface area (Å²) in [4.78, 5) is 21.0. The fourth-order valence-corrected chi connectivity index (χ4v) is 1.46. The van der Waals surface area contributed by atoms with Gasteiger partial charge in [-0.1, -0.05) is 18.7 Å². The number of allylic oxidation sites excluding steroid dienone is 2. The van der Waals surface area contributed by atoms with Crippen LogP contribution in [-0.2, 0) is 17.8 Å². The molecule has 1 rings (SSSR count). The van der Waals surface area contributed by atoms with Gasteiger partial charge >= 0.3 is 6.09 Å². The average Bonchev–Trinajstić information content (AvgIpc) is 2.34. The number of nitrogens with one attached hydrogen (secondary N) is 1. The molecule has 0 aliphatic rings. The van der Waals surface area contributed by atoms with E-state index in [1.54, 1.807) is 5.94 Å². The molecule has 94 valence electrons. The van der Waals surface area contributed by atoms with Gasteiger partial charge in [0.1, 0.15) is 11.8 Å². The van der Waals surface area contributed by atoms with Crippen molar-refractivity contribution in [3.8, 4) is 0 Å². The van der Waals surface area contributed by atoms with Crippen LogP contribution in [-0.4, -0.2) is 17.1 Å². The number of carbonyl (C=O) groups is 1. The Morgan fingerprint density at radius 3 is 2.78 bits per heavy atom. The van der Waals surface area contributed by atoms with Gasteiger partial charge in [-0.25, -0.2) is 14.0 Å². The molecule has 0 unspecified atom stereocenters. The molecule has 0 heterocycles. The molecule has 1 aromatic carbocycles. The van der Waals surface area contributed by atoms with E-state index >= 15 is 0 Å². The first-order valence-corrected chi connectivity index (χ1v) is 5.17. The van der Waals surface area contributed by atoms with Crippen LogP contribution in [0.25, 0.3) is 0 Å². The van der Waals surface area contributed by atoms with E-state index in [-0.39, 0.29) is 18.5 Å². The Morgan fingerprint density at radius 2 is 2.22 bits per heavy atom. The van der Waals surface area contributed by atoms with Crippen molar-refractivity contribution in [1.82, 2.24) is 5.32 Å². The lowest BCUT2D eigenvalue weighted by atomic mass is 10.00. The quantitative estimate of drug-likeness (QED) is 0.620. The lowest BCUT2D eigenvalue weighted by Gasteiger charge is -2.09. The Morgan fingerprint density at radius 1 is 1.50 bits per heavy atom. The number of benzene rings is 1. The Kier molecular flexibility index (Phi) is 4.84. The maximum atomic E-state index is 13.1. The molecule has 2 N–H and O–H groups in total. The van der Waals surface area contributed by atoms with Crippen molar-refractivity contribution in [2.45, 2.75) is 13.0 Å². The number of carboxylic acid groups (broad SMARTS) is 1. The van der Waals surface area contributed by atoms with Gasteiger partial charge in [0.05, 0.1) is 0 Å². The van der Waals surface area contributed by atoms with Crippen molar-refractivity contribution in [3.05, 3.63) is 53.4 Å². The zero-order valence-electron chi connectivity index (χ0n) is 9.57. The second-order valence-corrected chi connectivity index (χ2v) is 3.58. The fourth-order valence-electron chi connectivity index (χ4n) is 1.46. The van der Waals surface area contributed by atoms with Gasteiger partial charge < -0.3 is 10.4 Å². The Bertz CT molecular complexity index is 519. The van der Waals surface area contributed by atoms with E-state index < -0.39 is 11.9 Å². The maximum Gasteiger partial charge on any atom is 0.404 e. The molecule has 0 saturated heterocycles. The molecule has 0 aliphatic carbocycles. The van der Waals surface area contributed by atoms with Crippen LogP contribution in [0.1, 0.15) is 11.1 Å². The van der Waals surface area contributed by atoms with Gasteiger partial charge in [-0.05, 0) is 23.3 Å². The van der Waals surface area contributed by atoms with Crippen molar-refractivity contribution >= 4 is 12.0 Å². The molecule has 0 fully saturated rings. The zero-order valence-corrected chi connectivity index (χ0v) is 9.57. The molecule has 0 aromatic heterocycles. The molecule has 5 heteroatoms. The standard InChI is InChI=1S/C13H12FNO3/c1-2-9(8-16)5-11-6-12(14)4-3-10(11)7-15-13(17)18/h2-4,6,15H,1,5,7H2,(H,17,18). The second-order valence-electron chi connectivity index (χ2n) is 3.58. The third-order valence-corrected chi connectivity index (χ3v) is 2.36. The van der Waals surface area contributed by atoms with Gasteiger partial charge in [0, 0.05) is 18.5 Å². The van der Waals surface area contributed by atoms with Crippen LogP contribution >= 0.6 is 0 Å². The maximum absolute atomic E-state index is 13.1. The molecule has 0 atom stereocenters. The largest absolute Gasteiger partial charge is 0.465 e. The first-order valence-electron chi connectivity index (χ1n) is 5.17. The van der Waals surface area contributed by atoms with Gasteiger partial charge in [-0.3, -0.25) is 0 Å². The van der Waals surface area contributed by atoms with E-state index in [2.05, 4.69) is 11.9 Å². The highest BCUT2D eigenvalue weighted by Gasteiger charge is 2.07. The minimum atomic E-state index is -1.17. The lowest BCUT2D eigenvalue weighted by Crippen LogP contribution is -2.20. The third kappa shape index (κ3) is 3.88. The molecule has 0 bridgehead atoms. The van der Waals surface area contributed by atoms with Crippen LogP contribution in [0.15, 0.2) is 36.4 Å². The topological polar surface area (TPSA) is 66.4 Å². The summed E-state index contributed by atoms with van der Waals surface area (Å²) in [6.45, 7) is 3.50. The zero-order chi connectivity index (χ0) is 13.5. The number of halogens is 1. The van der Waals surface area contributed by atoms with Crippen molar-refractivity contribution in [1.29, 1.82) is 0 Å². The van der Waals surface area contributed by atoms with E-state index in [1.165, 1.54) is 24.3 Å². The number of carbonyl (C=O) groups excluding carboxylic acids is 1. The number of amides is 1. The van der Waals surface area contributed by atoms with Gasteiger partial charge in [-0.2, -0.15) is 0 Å². The second kappa shape index (κ2) is 6.37. The van der Waals surface area contributed by atoms with Crippen LogP contribution in [0.4, 0.5) is 9.18 Å². The summed E-state index contributed by atoms with van der Waals surface area (Å²) < 4.78 is 13.1. The molecular formula is C13H12FNO3. The molecule has 1 amide bonds. The molecule has 0 spiro atoms. The minimum Gasteiger partial charge on any atom is -0.465 e. The summed E-state index contributed by atoms with van der Waals surface area (Å²) in [5, 5.41) is 10.7. The normalized spacial score (nSPS) is 9.39. The molecular weight excluding hydrogens is 237 g/mol. The predicted octanol–water partition coefficient (Wildman–Crippen LogP) is 2.08. The first kappa shape index (κ1) is 13.7. The van der Waals surface area contributed by atoms with E-state index in [4.69, 9.17) is 5.11 Å². The summed E-state index contributed by atoms with van der Waals surface area (Å²) in [7, 11) is 0. The summed E-state index contributed by atoms with van der Waals surface area (Å²) >= 11 is 0. The van der Waals surface area contributed by atoms with Gasteiger partial charge in [0.2, 0.25) is 0 Å². The molecule has 0 saturated carbocycles. The first-order chi connectivity index (χ1) is 8.56. The van der Waals surface area contributed by atoms with E-state index in [9.17, 15) is 14.0 Å². The fraction of sp³-hybridized carbons (Fsp3) is 0.154. The number of hydrogen-bond donors (Lipinski definition) is 2. The van der Waals surface area contributed by atoms with E-state index in [0.717, 1.165) is 0 Å². The highest BCUT2D eigenvalue weighted by molar-refractivity contribution is 5.64. The van der Waals surface area contributed by atoms with Crippen LogP contribution in [0.3, 0.4) is 0 Å². The van der Waals surface area contributed by atoms with E-state index in [0.29, 0.717) is 11.1 Å². The van der Waals surface area contributed by atoms with Crippen molar-refractivity contribution in [3.63, 3.8) is 0 Å². The van der Waals surface area contributed by atoms with Crippen LogP contribution < -0.4 is 5.32 Å². The highest BCUT2D eigenvalue weighted by atomic mass is 19.1.